The molecule has 2 aromatic carbocycles. The molecule has 1 unspecified atom stereocenters. The number of amides is 2. The molecule has 0 saturated carbocycles. The largest absolute Gasteiger partial charge is 0.337 e. The predicted molar refractivity (Wildman–Crippen MR) is 94.7 cm³/mol. The summed E-state index contributed by atoms with van der Waals surface area (Å²) < 4.78 is 13.8. The standard InChI is InChI=1S/C19H18ClFN2O2/c1-12-6-7-15(20)9-17(12)22-19(25)14-8-18(24)23(11-14)10-13-4-2-3-5-16(13)21/h2-7,9,14H,8,10-11H2,1H3,(H,22,25). The molecule has 0 bridgehead atoms. The SMILES string of the molecule is Cc1ccc(Cl)cc1NC(=O)C1CC(=O)N(Cc2ccccc2F)C1. The number of hydrogen-bond acceptors (Lipinski definition) is 2. The van der Waals surface area contributed by atoms with Crippen LogP contribution in [0.1, 0.15) is 17.5 Å². The van der Waals surface area contributed by atoms with Crippen LogP contribution in [0.2, 0.25) is 5.02 Å². The van der Waals surface area contributed by atoms with E-state index in [1.165, 1.54) is 11.0 Å². The lowest BCUT2D eigenvalue weighted by atomic mass is 10.1. The first-order valence-electron chi connectivity index (χ1n) is 8.02. The Morgan fingerprint density at radius 2 is 2.08 bits per heavy atom. The van der Waals surface area contributed by atoms with Gasteiger partial charge in [-0.2, -0.15) is 0 Å². The van der Waals surface area contributed by atoms with Crippen LogP contribution in [0.15, 0.2) is 42.5 Å². The van der Waals surface area contributed by atoms with Crippen LogP contribution in [0.3, 0.4) is 0 Å². The van der Waals surface area contributed by atoms with E-state index in [1.54, 1.807) is 30.3 Å². The molecular weight excluding hydrogens is 343 g/mol. The highest BCUT2D eigenvalue weighted by Crippen LogP contribution is 2.25. The van der Waals surface area contributed by atoms with Crippen LogP contribution >= 0.6 is 11.6 Å². The molecule has 4 nitrogen and oxygen atoms in total. The first-order chi connectivity index (χ1) is 11.9. The average Bonchev–Trinajstić information content (AvgIpc) is 2.94. The van der Waals surface area contributed by atoms with Gasteiger partial charge in [-0.3, -0.25) is 9.59 Å². The van der Waals surface area contributed by atoms with Gasteiger partial charge in [0.2, 0.25) is 11.8 Å². The normalized spacial score (nSPS) is 17.0. The Morgan fingerprint density at radius 3 is 2.84 bits per heavy atom. The lowest BCUT2D eigenvalue weighted by Gasteiger charge is -2.17. The molecule has 3 rings (SSSR count). The quantitative estimate of drug-likeness (QED) is 0.902. The third-order valence-corrected chi connectivity index (χ3v) is 4.60. The number of hydrogen-bond donors (Lipinski definition) is 1. The van der Waals surface area contributed by atoms with Gasteiger partial charge in [0, 0.05) is 35.8 Å². The molecule has 1 heterocycles. The van der Waals surface area contributed by atoms with Gasteiger partial charge < -0.3 is 10.2 Å². The summed E-state index contributed by atoms with van der Waals surface area (Å²) in [5, 5.41) is 3.36. The second-order valence-electron chi connectivity index (χ2n) is 6.22. The van der Waals surface area contributed by atoms with Gasteiger partial charge in [0.15, 0.2) is 0 Å². The molecule has 130 valence electrons. The van der Waals surface area contributed by atoms with Crippen LogP contribution < -0.4 is 5.32 Å². The molecule has 1 fully saturated rings. The van der Waals surface area contributed by atoms with E-state index < -0.39 is 5.92 Å². The third-order valence-electron chi connectivity index (χ3n) is 4.36. The summed E-state index contributed by atoms with van der Waals surface area (Å²) >= 11 is 5.96. The Bertz CT molecular complexity index is 825. The fourth-order valence-electron chi connectivity index (χ4n) is 2.90. The molecule has 1 aliphatic heterocycles. The number of carbonyl (C=O) groups is 2. The van der Waals surface area contributed by atoms with Gasteiger partial charge in [0.1, 0.15) is 5.82 Å². The molecule has 2 amide bonds. The molecule has 1 saturated heterocycles. The van der Waals surface area contributed by atoms with E-state index in [2.05, 4.69) is 5.32 Å². The molecular formula is C19H18ClFN2O2. The second-order valence-corrected chi connectivity index (χ2v) is 6.65. The van der Waals surface area contributed by atoms with Crippen molar-refractivity contribution in [3.63, 3.8) is 0 Å². The molecule has 1 N–H and O–H groups in total. The fraction of sp³-hybridized carbons (Fsp3) is 0.263. The summed E-state index contributed by atoms with van der Waals surface area (Å²) in [6.07, 6.45) is 0.125. The molecule has 0 spiro atoms. The number of likely N-dealkylation sites (tertiary alicyclic amines) is 1. The number of carbonyl (C=O) groups excluding carboxylic acids is 2. The van der Waals surface area contributed by atoms with E-state index in [0.29, 0.717) is 16.3 Å². The molecule has 25 heavy (non-hydrogen) atoms. The highest BCUT2D eigenvalue weighted by atomic mass is 35.5. The van der Waals surface area contributed by atoms with Gasteiger partial charge in [-0.05, 0) is 30.7 Å². The Hall–Kier alpha value is -2.40. The van der Waals surface area contributed by atoms with Crippen LogP contribution in [0.25, 0.3) is 0 Å². The Morgan fingerprint density at radius 1 is 1.32 bits per heavy atom. The van der Waals surface area contributed by atoms with Crippen molar-refractivity contribution in [3.8, 4) is 0 Å². The zero-order valence-corrected chi connectivity index (χ0v) is 14.5. The van der Waals surface area contributed by atoms with Crippen LogP contribution in [-0.4, -0.2) is 23.3 Å². The van der Waals surface area contributed by atoms with Crippen LogP contribution in [0.5, 0.6) is 0 Å². The van der Waals surface area contributed by atoms with Gasteiger partial charge in [0.25, 0.3) is 0 Å². The summed E-state index contributed by atoms with van der Waals surface area (Å²) in [6, 6.07) is 11.6. The van der Waals surface area contributed by atoms with E-state index in [9.17, 15) is 14.0 Å². The maximum Gasteiger partial charge on any atom is 0.229 e. The average molecular weight is 361 g/mol. The highest BCUT2D eigenvalue weighted by molar-refractivity contribution is 6.31. The zero-order valence-electron chi connectivity index (χ0n) is 13.8. The van der Waals surface area contributed by atoms with E-state index in [4.69, 9.17) is 11.6 Å². The van der Waals surface area contributed by atoms with Crippen molar-refractivity contribution in [1.29, 1.82) is 0 Å². The highest BCUT2D eigenvalue weighted by Gasteiger charge is 2.34. The number of anilines is 1. The molecule has 1 atom stereocenters. The van der Waals surface area contributed by atoms with Crippen LogP contribution in [0, 0.1) is 18.7 Å². The van der Waals surface area contributed by atoms with Gasteiger partial charge in [-0.1, -0.05) is 35.9 Å². The summed E-state index contributed by atoms with van der Waals surface area (Å²) in [5.74, 6) is -1.18. The zero-order chi connectivity index (χ0) is 18.0. The number of rotatable bonds is 4. The lowest BCUT2D eigenvalue weighted by Crippen LogP contribution is -2.28. The smallest absolute Gasteiger partial charge is 0.229 e. The number of aryl methyl sites for hydroxylation is 1. The van der Waals surface area contributed by atoms with Crippen LogP contribution in [0.4, 0.5) is 10.1 Å². The maximum absolute atomic E-state index is 13.8. The minimum atomic E-state index is -0.461. The van der Waals surface area contributed by atoms with E-state index in [1.807, 2.05) is 13.0 Å². The van der Waals surface area contributed by atoms with Crippen molar-refractivity contribution in [2.45, 2.75) is 19.9 Å². The summed E-state index contributed by atoms with van der Waals surface area (Å²) in [6.45, 7) is 2.32. The number of halogens is 2. The summed E-state index contributed by atoms with van der Waals surface area (Å²) in [7, 11) is 0. The van der Waals surface area contributed by atoms with Crippen molar-refractivity contribution >= 4 is 29.1 Å². The monoisotopic (exact) mass is 360 g/mol. The molecule has 0 aliphatic carbocycles. The summed E-state index contributed by atoms with van der Waals surface area (Å²) in [5.41, 5.74) is 1.98. The molecule has 0 radical (unpaired) electrons. The molecule has 1 aliphatic rings. The number of nitrogens with one attached hydrogen (secondary N) is 1. The minimum Gasteiger partial charge on any atom is -0.337 e. The van der Waals surface area contributed by atoms with Crippen molar-refractivity contribution in [2.24, 2.45) is 5.92 Å². The van der Waals surface area contributed by atoms with Crippen molar-refractivity contribution < 1.29 is 14.0 Å². The minimum absolute atomic E-state index is 0.125. The van der Waals surface area contributed by atoms with Crippen molar-refractivity contribution in [1.82, 2.24) is 4.90 Å². The van der Waals surface area contributed by atoms with E-state index >= 15 is 0 Å². The third kappa shape index (κ3) is 3.99. The topological polar surface area (TPSA) is 49.4 Å². The van der Waals surface area contributed by atoms with Crippen molar-refractivity contribution in [2.75, 3.05) is 11.9 Å². The molecule has 0 aromatic heterocycles. The van der Waals surface area contributed by atoms with Gasteiger partial charge in [0.05, 0.1) is 5.92 Å². The number of nitrogens with zero attached hydrogens (tertiary/aromatic N) is 1. The number of benzene rings is 2. The fourth-order valence-corrected chi connectivity index (χ4v) is 3.07. The maximum atomic E-state index is 13.8. The van der Waals surface area contributed by atoms with Crippen molar-refractivity contribution in [3.05, 3.63) is 64.4 Å². The predicted octanol–water partition coefficient (Wildman–Crippen LogP) is 3.77. The lowest BCUT2D eigenvalue weighted by molar-refractivity contribution is -0.128. The summed E-state index contributed by atoms with van der Waals surface area (Å²) in [4.78, 5) is 26.2. The van der Waals surface area contributed by atoms with E-state index in [0.717, 1.165) is 5.56 Å². The Kier molecular flexibility index (Phi) is 5.04. The van der Waals surface area contributed by atoms with E-state index in [-0.39, 0.29) is 37.1 Å². The van der Waals surface area contributed by atoms with Gasteiger partial charge >= 0.3 is 0 Å². The van der Waals surface area contributed by atoms with Gasteiger partial charge in [-0.25, -0.2) is 4.39 Å². The first kappa shape index (κ1) is 17.4. The second kappa shape index (κ2) is 7.23. The molecule has 6 heteroatoms. The first-order valence-corrected chi connectivity index (χ1v) is 8.40. The Labute approximate surface area is 150 Å². The Balaban J connectivity index is 1.66. The molecule has 2 aromatic rings. The van der Waals surface area contributed by atoms with Crippen LogP contribution in [-0.2, 0) is 16.1 Å². The van der Waals surface area contributed by atoms with Gasteiger partial charge in [-0.15, -0.1) is 0 Å².